The average Bonchev–Trinajstić information content (AvgIpc) is 2.54. The maximum absolute atomic E-state index is 11.5. The lowest BCUT2D eigenvalue weighted by atomic mass is 10.0. The fourth-order valence-electron chi connectivity index (χ4n) is 2.53. The molecule has 2 aliphatic heterocycles. The predicted octanol–water partition coefficient (Wildman–Crippen LogP) is 2.79. The van der Waals surface area contributed by atoms with Crippen molar-refractivity contribution in [2.75, 3.05) is 6.61 Å². The number of ether oxygens (including phenoxy) is 1. The third-order valence-electron chi connectivity index (χ3n) is 3.16. The fourth-order valence-corrected chi connectivity index (χ4v) is 2.69. The number of carbonyl (C=O) groups is 1. The van der Waals surface area contributed by atoms with E-state index < -0.39 is 9.89 Å². The largest absolute Gasteiger partial charge is 0.445 e. The first-order valence-corrected chi connectivity index (χ1v) is 6.82. The summed E-state index contributed by atoms with van der Waals surface area (Å²) < 4.78 is 3.28. The molecule has 2 N–H and O–H groups in total. The van der Waals surface area contributed by atoms with Gasteiger partial charge in [0.1, 0.15) is 6.61 Å². The van der Waals surface area contributed by atoms with E-state index in [1.807, 2.05) is 0 Å². The second-order valence-electron chi connectivity index (χ2n) is 4.64. The lowest BCUT2D eigenvalue weighted by Gasteiger charge is -2.29. The van der Waals surface area contributed by atoms with Gasteiger partial charge in [0.05, 0.1) is 0 Å². The molecule has 4 nitrogen and oxygen atoms in total. The molecule has 2 rings (SSSR count). The predicted molar refractivity (Wildman–Crippen MR) is 75.0 cm³/mol. The van der Waals surface area contributed by atoms with E-state index in [1.54, 1.807) is 0 Å². The normalized spacial score (nSPS) is 30.5. The van der Waals surface area contributed by atoms with Gasteiger partial charge in [-0.05, 0) is 25.7 Å². The van der Waals surface area contributed by atoms with E-state index in [0.29, 0.717) is 12.1 Å². The summed E-state index contributed by atoms with van der Waals surface area (Å²) in [5.41, 5.74) is 0. The first-order valence-electron chi connectivity index (χ1n) is 5.68. The highest BCUT2D eigenvalue weighted by Gasteiger charge is 2.34. The highest BCUT2D eigenvalue weighted by Crippen LogP contribution is 2.27. The molecule has 1 amide bonds. The Morgan fingerprint density at radius 1 is 1.28 bits per heavy atom. The van der Waals surface area contributed by atoms with Crippen molar-refractivity contribution in [1.82, 2.24) is 10.6 Å². The molecule has 8 heteroatoms. The Balaban J connectivity index is 0.00000162. The topological polar surface area (TPSA) is 50.4 Å². The Morgan fingerprint density at radius 2 is 1.83 bits per heavy atom. The van der Waals surface area contributed by atoms with Crippen molar-refractivity contribution < 1.29 is 9.53 Å². The maximum atomic E-state index is 11.5. The number of carbonyl (C=O) groups excluding carboxylic acids is 1. The Morgan fingerprint density at radius 3 is 2.33 bits per heavy atom. The maximum Gasteiger partial charge on any atom is 0.407 e. The Bertz CT molecular complexity index is 286. The van der Waals surface area contributed by atoms with Crippen LogP contribution in [0.25, 0.3) is 0 Å². The molecule has 3 atom stereocenters. The second-order valence-corrected chi connectivity index (χ2v) is 7.16. The molecule has 0 aromatic carbocycles. The molecule has 0 aromatic heterocycles. The Kier molecular flexibility index (Phi) is 6.13. The van der Waals surface area contributed by atoms with Crippen LogP contribution >= 0.6 is 47.2 Å². The van der Waals surface area contributed by atoms with Crippen LogP contribution in [0.2, 0.25) is 0 Å². The zero-order valence-corrected chi connectivity index (χ0v) is 12.7. The number of hydrogen-bond donors (Lipinski definition) is 2. The van der Waals surface area contributed by atoms with Gasteiger partial charge in [0, 0.05) is 18.1 Å². The molecule has 2 bridgehead atoms. The van der Waals surface area contributed by atoms with Crippen molar-refractivity contribution in [3.8, 4) is 0 Å². The number of rotatable bonds is 2. The number of piperidine rings is 1. The van der Waals surface area contributed by atoms with Gasteiger partial charge in [-0.3, -0.25) is 0 Å². The Labute approximate surface area is 127 Å². The molecule has 0 aliphatic carbocycles. The van der Waals surface area contributed by atoms with Gasteiger partial charge in [0.15, 0.2) is 0 Å². The summed E-state index contributed by atoms with van der Waals surface area (Å²) in [7, 11) is 0. The average molecular weight is 338 g/mol. The highest BCUT2D eigenvalue weighted by atomic mass is 35.6. The lowest BCUT2D eigenvalue weighted by Crippen LogP contribution is -2.48. The van der Waals surface area contributed by atoms with Gasteiger partial charge < -0.3 is 15.4 Å². The van der Waals surface area contributed by atoms with Crippen LogP contribution in [0, 0.1) is 0 Å². The smallest absolute Gasteiger partial charge is 0.407 e. The molecule has 2 saturated heterocycles. The summed E-state index contributed by atoms with van der Waals surface area (Å²) in [5.74, 6) is 0. The molecular weight excluding hydrogens is 322 g/mol. The van der Waals surface area contributed by atoms with Crippen molar-refractivity contribution in [2.45, 2.75) is 47.6 Å². The van der Waals surface area contributed by atoms with Gasteiger partial charge in [0.25, 0.3) is 0 Å². The van der Waals surface area contributed by atoms with Crippen LogP contribution in [0.15, 0.2) is 0 Å². The van der Waals surface area contributed by atoms with Gasteiger partial charge in [-0.1, -0.05) is 34.8 Å². The number of nitrogens with one attached hydrogen (secondary N) is 2. The number of halogens is 4. The van der Waals surface area contributed by atoms with Gasteiger partial charge >= 0.3 is 6.09 Å². The zero-order valence-electron chi connectivity index (χ0n) is 9.63. The summed E-state index contributed by atoms with van der Waals surface area (Å²) in [4.78, 5) is 11.5. The number of fused-ring (bicyclic) bond motifs is 2. The molecule has 2 aliphatic rings. The zero-order chi connectivity index (χ0) is 12.5. The lowest BCUT2D eigenvalue weighted by molar-refractivity contribution is 0.140. The number of hydrogen-bond acceptors (Lipinski definition) is 3. The molecule has 0 radical (unpaired) electrons. The summed E-state index contributed by atoms with van der Waals surface area (Å²) in [6, 6.07) is 1.20. The summed E-state index contributed by atoms with van der Waals surface area (Å²) in [6.45, 7) is -0.235. The van der Waals surface area contributed by atoms with Crippen LogP contribution < -0.4 is 10.6 Å². The van der Waals surface area contributed by atoms with E-state index in [4.69, 9.17) is 39.5 Å². The number of alkyl carbamates (subject to hydrolysis) is 1. The van der Waals surface area contributed by atoms with E-state index in [2.05, 4.69) is 10.6 Å². The SMILES string of the molecule is Cl.O=C(N[C@H]1C[C@H]2CC[C@@H](C1)N2)OCC(Cl)(Cl)Cl. The van der Waals surface area contributed by atoms with Crippen molar-refractivity contribution >= 4 is 53.3 Å². The quantitative estimate of drug-likeness (QED) is 0.762. The van der Waals surface area contributed by atoms with Crippen LogP contribution in [0.1, 0.15) is 25.7 Å². The standard InChI is InChI=1S/C10H15Cl3N2O2.ClH/c11-10(12,13)5-17-9(16)15-8-3-6-1-2-7(4-8)14-6;/h6-8,14H,1-5H2,(H,15,16);1H/t6-,7+,8+;. The van der Waals surface area contributed by atoms with Crippen LogP contribution in [-0.4, -0.2) is 34.6 Å². The summed E-state index contributed by atoms with van der Waals surface area (Å²) >= 11 is 16.5. The molecule has 2 fully saturated rings. The highest BCUT2D eigenvalue weighted by molar-refractivity contribution is 6.67. The molecule has 106 valence electrons. The summed E-state index contributed by atoms with van der Waals surface area (Å²) in [5, 5.41) is 6.31. The number of amides is 1. The Hall–Kier alpha value is 0.390. The van der Waals surface area contributed by atoms with Crippen LogP contribution in [0.4, 0.5) is 4.79 Å². The molecule has 18 heavy (non-hydrogen) atoms. The van der Waals surface area contributed by atoms with E-state index in [-0.39, 0.29) is 25.1 Å². The van der Waals surface area contributed by atoms with Crippen LogP contribution in [-0.2, 0) is 4.74 Å². The second kappa shape index (κ2) is 6.71. The van der Waals surface area contributed by atoms with Gasteiger partial charge in [0.2, 0.25) is 3.79 Å². The first kappa shape index (κ1) is 16.4. The minimum Gasteiger partial charge on any atom is -0.445 e. The van der Waals surface area contributed by atoms with E-state index in [0.717, 1.165) is 12.8 Å². The van der Waals surface area contributed by atoms with E-state index >= 15 is 0 Å². The summed E-state index contributed by atoms with van der Waals surface area (Å²) in [6.07, 6.45) is 3.75. The molecule has 0 aromatic rings. The molecule has 0 spiro atoms. The monoisotopic (exact) mass is 336 g/mol. The van der Waals surface area contributed by atoms with Gasteiger partial charge in [-0.25, -0.2) is 4.79 Å². The van der Waals surface area contributed by atoms with E-state index in [1.165, 1.54) is 12.8 Å². The molecule has 2 heterocycles. The third-order valence-corrected chi connectivity index (χ3v) is 3.49. The minimum absolute atomic E-state index is 0. The van der Waals surface area contributed by atoms with Gasteiger partial charge in [-0.15, -0.1) is 12.4 Å². The molecule has 0 unspecified atom stereocenters. The first-order chi connectivity index (χ1) is 7.92. The van der Waals surface area contributed by atoms with E-state index in [9.17, 15) is 4.79 Å². The van der Waals surface area contributed by atoms with Crippen LogP contribution in [0.3, 0.4) is 0 Å². The van der Waals surface area contributed by atoms with Crippen molar-refractivity contribution in [3.63, 3.8) is 0 Å². The fraction of sp³-hybridized carbons (Fsp3) is 0.900. The van der Waals surface area contributed by atoms with Gasteiger partial charge in [-0.2, -0.15) is 0 Å². The minimum atomic E-state index is -1.55. The van der Waals surface area contributed by atoms with Crippen molar-refractivity contribution in [1.29, 1.82) is 0 Å². The molecule has 0 saturated carbocycles. The van der Waals surface area contributed by atoms with Crippen LogP contribution in [0.5, 0.6) is 0 Å². The number of alkyl halides is 3. The molecular formula is C10H16Cl4N2O2. The van der Waals surface area contributed by atoms with Crippen molar-refractivity contribution in [3.05, 3.63) is 0 Å². The van der Waals surface area contributed by atoms with Crippen molar-refractivity contribution in [2.24, 2.45) is 0 Å². The third kappa shape index (κ3) is 5.17.